The summed E-state index contributed by atoms with van der Waals surface area (Å²) in [5.74, 6) is 0. The van der Waals surface area contributed by atoms with E-state index in [9.17, 15) is 8.42 Å². The molecular weight excluding hydrogens is 367 g/mol. The van der Waals surface area contributed by atoms with E-state index in [4.69, 9.17) is 4.18 Å². The summed E-state index contributed by atoms with van der Waals surface area (Å²) < 4.78 is 30.6. The van der Waals surface area contributed by atoms with Crippen LogP contribution in [0.15, 0.2) is 35.2 Å². The summed E-state index contributed by atoms with van der Waals surface area (Å²) in [5.41, 5.74) is 0. The van der Waals surface area contributed by atoms with E-state index in [1.165, 1.54) is 44.9 Å². The van der Waals surface area contributed by atoms with Gasteiger partial charge in [0.1, 0.15) is 0 Å². The minimum absolute atomic E-state index is 0. The van der Waals surface area contributed by atoms with Gasteiger partial charge in [0.15, 0.2) is 0 Å². The van der Waals surface area contributed by atoms with Crippen LogP contribution in [0.2, 0.25) is 0 Å². The predicted molar refractivity (Wildman–Crippen MR) is 116 cm³/mol. The van der Waals surface area contributed by atoms with Gasteiger partial charge in [-0.1, -0.05) is 103 Å². The molecule has 0 spiro atoms. The number of hydrogen-bond acceptors (Lipinski definition) is 3. The number of benzene rings is 1. The molecule has 0 bridgehead atoms. The molecular formula is C22H38NaO3S. The Morgan fingerprint density at radius 2 is 1.19 bits per heavy atom. The first-order chi connectivity index (χ1) is 12.6. The smallest absolute Gasteiger partial charge is 0.263 e. The summed E-state index contributed by atoms with van der Waals surface area (Å²) in [4.78, 5) is 0.261. The van der Waals surface area contributed by atoms with Crippen LogP contribution in [0, 0.1) is 0 Å². The average molecular weight is 406 g/mol. The second kappa shape index (κ2) is 17.0. The third kappa shape index (κ3) is 13.1. The third-order valence-electron chi connectivity index (χ3n) is 4.80. The molecule has 3 nitrogen and oxygen atoms in total. The Hall–Kier alpha value is 0.130. The van der Waals surface area contributed by atoms with Crippen LogP contribution in [0.1, 0.15) is 97.3 Å². The van der Waals surface area contributed by atoms with Crippen molar-refractivity contribution in [3.05, 3.63) is 30.3 Å². The van der Waals surface area contributed by atoms with Gasteiger partial charge in [0.25, 0.3) is 10.1 Å². The molecule has 0 aliphatic carbocycles. The van der Waals surface area contributed by atoms with Gasteiger partial charge in [-0.05, 0) is 25.0 Å². The standard InChI is InChI=1S/C22H38O3S.Na/c1-3-5-7-8-9-10-11-14-18-21(17-13-6-4-2)25-26(23,24)22-19-15-12-16-20-22;/h12,15-16,19-21H,3-11,13-14,17-18H2,1-2H3;. The van der Waals surface area contributed by atoms with Gasteiger partial charge < -0.3 is 0 Å². The molecule has 0 aliphatic rings. The molecule has 1 aromatic rings. The summed E-state index contributed by atoms with van der Waals surface area (Å²) in [6.45, 7) is 4.40. The summed E-state index contributed by atoms with van der Waals surface area (Å²) in [6, 6.07) is 8.50. The van der Waals surface area contributed by atoms with Crippen LogP contribution < -0.4 is 0 Å². The van der Waals surface area contributed by atoms with Crippen molar-refractivity contribution in [3.8, 4) is 0 Å². The van der Waals surface area contributed by atoms with E-state index >= 15 is 0 Å². The molecule has 0 heterocycles. The van der Waals surface area contributed by atoms with E-state index in [0.29, 0.717) is 0 Å². The van der Waals surface area contributed by atoms with Crippen molar-refractivity contribution in [1.29, 1.82) is 0 Å². The maximum absolute atomic E-state index is 12.5. The number of rotatable bonds is 16. The topological polar surface area (TPSA) is 43.4 Å². The number of hydrogen-bond donors (Lipinski definition) is 0. The van der Waals surface area contributed by atoms with Gasteiger partial charge in [0.2, 0.25) is 0 Å². The van der Waals surface area contributed by atoms with Gasteiger partial charge in [-0.2, -0.15) is 8.42 Å². The van der Waals surface area contributed by atoms with Crippen molar-refractivity contribution in [2.24, 2.45) is 0 Å². The van der Waals surface area contributed by atoms with Crippen molar-refractivity contribution in [2.75, 3.05) is 0 Å². The SMILES string of the molecule is CCCCCCCCCCC(CCCCC)OS(=O)(=O)c1ccccc1.[Na]. The molecule has 1 unspecified atom stereocenters. The third-order valence-corrected chi connectivity index (χ3v) is 6.18. The monoisotopic (exact) mass is 405 g/mol. The Kier molecular flexibility index (Phi) is 17.1. The first-order valence-corrected chi connectivity index (χ1v) is 12.0. The van der Waals surface area contributed by atoms with Gasteiger partial charge in [-0.15, -0.1) is 0 Å². The summed E-state index contributed by atoms with van der Waals surface area (Å²) >= 11 is 0. The molecule has 1 radical (unpaired) electrons. The quantitative estimate of drug-likeness (QED) is 0.179. The molecule has 0 amide bonds. The maximum Gasteiger partial charge on any atom is 0.297 e. The van der Waals surface area contributed by atoms with Gasteiger partial charge in [-0.3, -0.25) is 4.18 Å². The molecule has 5 heteroatoms. The zero-order chi connectivity index (χ0) is 19.1. The Morgan fingerprint density at radius 3 is 1.74 bits per heavy atom. The average Bonchev–Trinajstić information content (AvgIpc) is 2.64. The normalized spacial score (nSPS) is 12.5. The van der Waals surface area contributed by atoms with Crippen LogP contribution in [-0.2, 0) is 14.3 Å². The molecule has 0 saturated heterocycles. The fourth-order valence-electron chi connectivity index (χ4n) is 3.19. The van der Waals surface area contributed by atoms with Crippen molar-refractivity contribution < 1.29 is 12.6 Å². The van der Waals surface area contributed by atoms with Crippen molar-refractivity contribution >= 4 is 39.7 Å². The molecule has 151 valence electrons. The summed E-state index contributed by atoms with van der Waals surface area (Å²) in [7, 11) is -3.65. The van der Waals surface area contributed by atoms with E-state index in [2.05, 4.69) is 13.8 Å². The molecule has 1 rings (SSSR count). The Labute approximate surface area is 190 Å². The Bertz CT molecular complexity index is 546. The van der Waals surface area contributed by atoms with E-state index in [-0.39, 0.29) is 40.6 Å². The molecule has 1 aromatic carbocycles. The predicted octanol–water partition coefficient (Wildman–Crippen LogP) is 6.49. The first kappa shape index (κ1) is 27.1. The fraction of sp³-hybridized carbons (Fsp3) is 0.727. The largest absolute Gasteiger partial charge is 0.297 e. The van der Waals surface area contributed by atoms with E-state index in [1.54, 1.807) is 24.3 Å². The summed E-state index contributed by atoms with van der Waals surface area (Å²) in [6.07, 6.45) is 14.8. The Morgan fingerprint density at radius 1 is 0.741 bits per heavy atom. The maximum atomic E-state index is 12.5. The van der Waals surface area contributed by atoms with Gasteiger partial charge >= 0.3 is 0 Å². The summed E-state index contributed by atoms with van der Waals surface area (Å²) in [5, 5.41) is 0. The van der Waals surface area contributed by atoms with Gasteiger partial charge in [-0.25, -0.2) is 0 Å². The van der Waals surface area contributed by atoms with Crippen LogP contribution in [0.3, 0.4) is 0 Å². The molecule has 0 aliphatic heterocycles. The van der Waals surface area contributed by atoms with E-state index < -0.39 is 10.1 Å². The van der Waals surface area contributed by atoms with Crippen LogP contribution >= 0.6 is 0 Å². The second-order valence-electron chi connectivity index (χ2n) is 7.24. The molecule has 0 N–H and O–H groups in total. The second-order valence-corrected chi connectivity index (χ2v) is 8.82. The minimum atomic E-state index is -3.65. The van der Waals surface area contributed by atoms with Crippen LogP contribution in [0.4, 0.5) is 0 Å². The fourth-order valence-corrected chi connectivity index (χ4v) is 4.34. The van der Waals surface area contributed by atoms with Crippen molar-refractivity contribution in [3.63, 3.8) is 0 Å². The van der Waals surface area contributed by atoms with Gasteiger partial charge in [0.05, 0.1) is 11.0 Å². The molecule has 1 atom stereocenters. The van der Waals surface area contributed by atoms with Crippen LogP contribution in [0.25, 0.3) is 0 Å². The van der Waals surface area contributed by atoms with Crippen molar-refractivity contribution in [2.45, 2.75) is 108 Å². The van der Waals surface area contributed by atoms with Crippen molar-refractivity contribution in [1.82, 2.24) is 0 Å². The minimum Gasteiger partial charge on any atom is -0.263 e. The first-order valence-electron chi connectivity index (χ1n) is 10.6. The van der Waals surface area contributed by atoms with E-state index in [1.807, 2.05) is 6.07 Å². The number of unbranched alkanes of at least 4 members (excludes halogenated alkanes) is 9. The molecule has 0 saturated carbocycles. The zero-order valence-corrected chi connectivity index (χ0v) is 20.6. The van der Waals surface area contributed by atoms with Gasteiger partial charge in [0, 0.05) is 29.6 Å². The van der Waals surface area contributed by atoms with Crippen LogP contribution in [-0.4, -0.2) is 44.1 Å². The van der Waals surface area contributed by atoms with E-state index in [0.717, 1.165) is 38.5 Å². The molecule has 27 heavy (non-hydrogen) atoms. The van der Waals surface area contributed by atoms with Crippen LogP contribution in [0.5, 0.6) is 0 Å². The molecule has 0 fully saturated rings. The Balaban J connectivity index is 0.00000676. The molecule has 0 aromatic heterocycles. The zero-order valence-electron chi connectivity index (χ0n) is 17.8.